The van der Waals surface area contributed by atoms with Crippen molar-refractivity contribution in [3.8, 4) is 0 Å². The van der Waals surface area contributed by atoms with Crippen molar-refractivity contribution in [1.82, 2.24) is 5.06 Å². The fraction of sp³-hybridized carbons (Fsp3) is 0.350. The van der Waals surface area contributed by atoms with E-state index in [0.717, 1.165) is 17.7 Å². The lowest BCUT2D eigenvalue weighted by molar-refractivity contribution is -0.163. The first-order chi connectivity index (χ1) is 12.9. The number of hydrogen-bond acceptors (Lipinski definition) is 4. The Labute approximate surface area is 155 Å². The fourth-order valence-electron chi connectivity index (χ4n) is 3.24. The molecule has 1 aliphatic rings. The molecule has 0 aliphatic carbocycles. The van der Waals surface area contributed by atoms with Crippen LogP contribution in [0.3, 0.4) is 0 Å². The number of carbonyl (C=O) groups excluding carboxylic acids is 1. The Morgan fingerprint density at radius 2 is 1.74 bits per heavy atom. The van der Waals surface area contributed by atoms with Gasteiger partial charge in [0.25, 0.3) is 0 Å². The number of alkyl halides is 3. The van der Waals surface area contributed by atoms with Crippen LogP contribution in [0.1, 0.15) is 40.2 Å². The minimum Gasteiger partial charge on any atom is -0.395 e. The van der Waals surface area contributed by atoms with Gasteiger partial charge in [0, 0.05) is 6.54 Å². The first-order valence-electron chi connectivity index (χ1n) is 8.70. The molecule has 27 heavy (non-hydrogen) atoms. The largest absolute Gasteiger partial charge is 0.416 e. The highest BCUT2D eigenvalue weighted by Crippen LogP contribution is 2.34. The molecule has 0 radical (unpaired) electrons. The van der Waals surface area contributed by atoms with Crippen molar-refractivity contribution >= 4 is 5.97 Å². The van der Waals surface area contributed by atoms with Gasteiger partial charge in [0.05, 0.1) is 23.8 Å². The Bertz CT molecular complexity index is 762. The zero-order chi connectivity index (χ0) is 19.4. The Morgan fingerprint density at radius 1 is 1.07 bits per heavy atom. The van der Waals surface area contributed by atoms with Crippen LogP contribution >= 0.6 is 0 Å². The normalized spacial score (nSPS) is 21.0. The van der Waals surface area contributed by atoms with Crippen molar-refractivity contribution in [1.29, 1.82) is 0 Å². The molecule has 1 fully saturated rings. The van der Waals surface area contributed by atoms with Gasteiger partial charge in [-0.1, -0.05) is 30.3 Å². The van der Waals surface area contributed by atoms with E-state index in [1.54, 1.807) is 30.3 Å². The lowest BCUT2D eigenvalue weighted by atomic mass is 9.88. The van der Waals surface area contributed by atoms with Gasteiger partial charge in [-0.15, -0.1) is 5.06 Å². The minimum absolute atomic E-state index is 0.0846. The van der Waals surface area contributed by atoms with Gasteiger partial charge < -0.3 is 9.94 Å². The monoisotopic (exact) mass is 379 g/mol. The van der Waals surface area contributed by atoms with Gasteiger partial charge in [0.1, 0.15) is 0 Å². The molecule has 2 aromatic rings. The first kappa shape index (κ1) is 19.4. The van der Waals surface area contributed by atoms with E-state index in [0.29, 0.717) is 24.9 Å². The van der Waals surface area contributed by atoms with Crippen LogP contribution in [0.25, 0.3) is 0 Å². The number of benzene rings is 2. The summed E-state index contributed by atoms with van der Waals surface area (Å²) in [7, 11) is 0. The van der Waals surface area contributed by atoms with Crippen molar-refractivity contribution in [3.05, 3.63) is 71.3 Å². The summed E-state index contributed by atoms with van der Waals surface area (Å²) in [6.07, 6.45) is -3.11. The highest BCUT2D eigenvalue weighted by atomic mass is 19.4. The van der Waals surface area contributed by atoms with Gasteiger partial charge >= 0.3 is 12.1 Å². The molecule has 1 saturated heterocycles. The zero-order valence-corrected chi connectivity index (χ0v) is 14.5. The van der Waals surface area contributed by atoms with Gasteiger partial charge in [-0.2, -0.15) is 13.2 Å². The highest BCUT2D eigenvalue weighted by Gasteiger charge is 2.33. The van der Waals surface area contributed by atoms with Gasteiger partial charge in [0.2, 0.25) is 0 Å². The molecule has 4 nitrogen and oxygen atoms in total. The number of aliphatic hydroxyl groups excluding tert-OH is 1. The van der Waals surface area contributed by atoms with Crippen molar-refractivity contribution < 1.29 is 27.9 Å². The van der Waals surface area contributed by atoms with Crippen LogP contribution in [-0.4, -0.2) is 35.3 Å². The number of hydroxylamine groups is 2. The van der Waals surface area contributed by atoms with Crippen molar-refractivity contribution in [3.63, 3.8) is 0 Å². The molecule has 1 unspecified atom stereocenters. The smallest absolute Gasteiger partial charge is 0.395 e. The quantitative estimate of drug-likeness (QED) is 0.872. The van der Waals surface area contributed by atoms with Crippen LogP contribution in [-0.2, 0) is 11.0 Å². The van der Waals surface area contributed by atoms with E-state index in [1.807, 2.05) is 0 Å². The summed E-state index contributed by atoms with van der Waals surface area (Å²) in [6, 6.07) is 13.2. The molecule has 2 aromatic carbocycles. The summed E-state index contributed by atoms with van der Waals surface area (Å²) in [5.74, 6) is -0.610. The molecular weight excluding hydrogens is 359 g/mol. The molecule has 2 atom stereocenters. The van der Waals surface area contributed by atoms with Crippen LogP contribution in [0.15, 0.2) is 54.6 Å². The minimum atomic E-state index is -4.37. The van der Waals surface area contributed by atoms with E-state index in [9.17, 15) is 23.1 Å². The van der Waals surface area contributed by atoms with Gasteiger partial charge in [-0.25, -0.2) is 4.79 Å². The summed E-state index contributed by atoms with van der Waals surface area (Å²) in [5, 5.41) is 11.0. The lowest BCUT2D eigenvalue weighted by Gasteiger charge is -2.37. The third-order valence-electron chi connectivity index (χ3n) is 4.79. The molecule has 0 saturated carbocycles. The van der Waals surface area contributed by atoms with E-state index >= 15 is 0 Å². The summed E-state index contributed by atoms with van der Waals surface area (Å²) < 4.78 is 38.2. The predicted molar refractivity (Wildman–Crippen MR) is 92.9 cm³/mol. The fourth-order valence-corrected chi connectivity index (χ4v) is 3.24. The van der Waals surface area contributed by atoms with E-state index in [1.165, 1.54) is 17.2 Å². The third-order valence-corrected chi connectivity index (χ3v) is 4.79. The number of carbonyl (C=O) groups is 1. The maximum absolute atomic E-state index is 12.7. The van der Waals surface area contributed by atoms with Crippen molar-refractivity contribution in [2.45, 2.75) is 31.0 Å². The van der Waals surface area contributed by atoms with Gasteiger partial charge in [0.15, 0.2) is 0 Å². The molecule has 0 aromatic heterocycles. The number of rotatable bonds is 4. The molecule has 1 heterocycles. The molecule has 7 heteroatoms. The number of piperidine rings is 1. The Hall–Kier alpha value is -2.38. The maximum atomic E-state index is 12.7. The molecule has 1 aliphatic heterocycles. The molecule has 3 rings (SSSR count). The standard InChI is InChI=1S/C20H20F3NO3/c21-20(22,23)17-9-6-14(7-10-17)16-8-11-18(13-25)24(12-16)27-19(26)15-4-2-1-3-5-15/h1-7,9-10,16,18,25H,8,11-13H2/t16?,18-/m0/s1. The topological polar surface area (TPSA) is 49.8 Å². The van der Waals surface area contributed by atoms with E-state index < -0.39 is 17.7 Å². The first-order valence-corrected chi connectivity index (χ1v) is 8.70. The molecule has 0 amide bonds. The number of nitrogens with zero attached hydrogens (tertiary/aromatic N) is 1. The Balaban J connectivity index is 1.72. The molecule has 144 valence electrons. The number of aliphatic hydroxyl groups is 1. The van der Waals surface area contributed by atoms with Crippen molar-refractivity contribution in [2.75, 3.05) is 13.2 Å². The average Bonchev–Trinajstić information content (AvgIpc) is 2.68. The van der Waals surface area contributed by atoms with Crippen molar-refractivity contribution in [2.24, 2.45) is 0 Å². The van der Waals surface area contributed by atoms with E-state index in [2.05, 4.69) is 0 Å². The highest BCUT2D eigenvalue weighted by molar-refractivity contribution is 5.89. The average molecular weight is 379 g/mol. The SMILES string of the molecule is O=C(ON1CC(c2ccc(C(F)(F)F)cc2)CC[C@H]1CO)c1ccccc1. The van der Waals surface area contributed by atoms with Crippen LogP contribution in [0.5, 0.6) is 0 Å². The lowest BCUT2D eigenvalue weighted by Crippen LogP contribution is -2.45. The van der Waals surface area contributed by atoms with Crippen LogP contribution < -0.4 is 0 Å². The van der Waals surface area contributed by atoms with Crippen LogP contribution in [0.2, 0.25) is 0 Å². The van der Waals surface area contributed by atoms with Crippen LogP contribution in [0, 0.1) is 0 Å². The summed E-state index contributed by atoms with van der Waals surface area (Å²) in [4.78, 5) is 17.8. The number of halogens is 3. The summed E-state index contributed by atoms with van der Waals surface area (Å²) >= 11 is 0. The zero-order valence-electron chi connectivity index (χ0n) is 14.5. The second kappa shape index (κ2) is 8.10. The Morgan fingerprint density at radius 3 is 2.33 bits per heavy atom. The predicted octanol–water partition coefficient (Wildman–Crippen LogP) is 4.02. The molecule has 0 spiro atoms. The maximum Gasteiger partial charge on any atom is 0.416 e. The summed E-state index contributed by atoms with van der Waals surface area (Å²) in [6.45, 7) is 0.150. The second-order valence-corrected chi connectivity index (χ2v) is 6.57. The Kier molecular flexibility index (Phi) is 5.82. The van der Waals surface area contributed by atoms with E-state index in [-0.39, 0.29) is 18.6 Å². The second-order valence-electron chi connectivity index (χ2n) is 6.57. The number of hydrogen-bond donors (Lipinski definition) is 1. The summed E-state index contributed by atoms with van der Waals surface area (Å²) in [5.41, 5.74) is 0.452. The van der Waals surface area contributed by atoms with Crippen LogP contribution in [0.4, 0.5) is 13.2 Å². The van der Waals surface area contributed by atoms with E-state index in [4.69, 9.17) is 4.84 Å². The molecule has 1 N–H and O–H groups in total. The molecular formula is C20H20F3NO3. The van der Waals surface area contributed by atoms with Gasteiger partial charge in [-0.3, -0.25) is 0 Å². The van der Waals surface area contributed by atoms with Gasteiger partial charge in [-0.05, 0) is 48.6 Å². The third kappa shape index (κ3) is 4.67. The molecule has 0 bridgehead atoms.